The van der Waals surface area contributed by atoms with Gasteiger partial charge < -0.3 is 10.2 Å². The summed E-state index contributed by atoms with van der Waals surface area (Å²) in [5.41, 5.74) is -0.0940. The number of rotatable bonds is 5. The Morgan fingerprint density at radius 1 is 1.53 bits per heavy atom. The third kappa shape index (κ3) is 4.78. The Kier molecular flexibility index (Phi) is 4.84. The van der Waals surface area contributed by atoms with Crippen molar-refractivity contribution in [3.8, 4) is 0 Å². The normalized spacial score (nSPS) is 12.5. The van der Waals surface area contributed by atoms with Gasteiger partial charge >= 0.3 is 0 Å². The molecule has 6 nitrogen and oxygen atoms in total. The molecule has 0 spiro atoms. The Balaban J connectivity index is 2.48. The highest BCUT2D eigenvalue weighted by Crippen LogP contribution is 1.95. The van der Waals surface area contributed by atoms with Crippen molar-refractivity contribution in [3.63, 3.8) is 0 Å². The van der Waals surface area contributed by atoms with Crippen LogP contribution in [-0.4, -0.2) is 47.7 Å². The van der Waals surface area contributed by atoms with Gasteiger partial charge in [-0.3, -0.25) is 9.59 Å². The Bertz CT molecular complexity index is 407. The molecule has 0 fully saturated rings. The molecule has 17 heavy (non-hydrogen) atoms. The molecule has 94 valence electrons. The van der Waals surface area contributed by atoms with Gasteiger partial charge in [0, 0.05) is 12.1 Å². The summed E-state index contributed by atoms with van der Waals surface area (Å²) in [6.45, 7) is 2.84. The van der Waals surface area contributed by atoms with Gasteiger partial charge in [0.05, 0.1) is 0 Å². The first-order valence-electron chi connectivity index (χ1n) is 5.50. The number of H-pyrrole nitrogens is 1. The summed E-state index contributed by atoms with van der Waals surface area (Å²) in [4.78, 5) is 24.5. The molecule has 0 saturated heterocycles. The lowest BCUT2D eigenvalue weighted by atomic mass is 10.2. The van der Waals surface area contributed by atoms with Crippen molar-refractivity contribution >= 4 is 5.91 Å². The highest BCUT2D eigenvalue weighted by molar-refractivity contribution is 5.92. The number of nitrogens with one attached hydrogen (secondary N) is 2. The lowest BCUT2D eigenvalue weighted by Crippen LogP contribution is -2.35. The van der Waals surface area contributed by atoms with E-state index in [0.717, 1.165) is 13.0 Å². The number of amides is 1. The predicted octanol–water partition coefficient (Wildman–Crippen LogP) is -0.160. The first-order valence-corrected chi connectivity index (χ1v) is 5.50. The molecule has 1 aromatic heterocycles. The minimum Gasteiger partial charge on any atom is -0.348 e. The topological polar surface area (TPSA) is 78.1 Å². The zero-order chi connectivity index (χ0) is 12.8. The number of aromatic nitrogens is 2. The molecule has 0 saturated carbocycles. The van der Waals surface area contributed by atoms with E-state index in [4.69, 9.17) is 0 Å². The number of hydrogen-bond acceptors (Lipinski definition) is 4. The summed E-state index contributed by atoms with van der Waals surface area (Å²) in [6, 6.07) is 2.76. The number of nitrogens with zero attached hydrogens (tertiary/aromatic N) is 2. The lowest BCUT2D eigenvalue weighted by Gasteiger charge is -2.16. The van der Waals surface area contributed by atoms with Crippen LogP contribution in [0, 0.1) is 0 Å². The van der Waals surface area contributed by atoms with E-state index in [1.54, 1.807) is 0 Å². The van der Waals surface area contributed by atoms with Crippen LogP contribution in [0.5, 0.6) is 0 Å². The largest absolute Gasteiger partial charge is 0.348 e. The molecule has 1 aromatic rings. The fraction of sp³-hybridized carbons (Fsp3) is 0.545. The van der Waals surface area contributed by atoms with Crippen molar-refractivity contribution in [2.24, 2.45) is 0 Å². The zero-order valence-electron chi connectivity index (χ0n) is 10.4. The van der Waals surface area contributed by atoms with E-state index in [9.17, 15) is 9.59 Å². The maximum absolute atomic E-state index is 11.7. The molecule has 0 aromatic carbocycles. The predicted molar refractivity (Wildman–Crippen MR) is 65.0 cm³/mol. The van der Waals surface area contributed by atoms with Crippen molar-refractivity contribution in [3.05, 3.63) is 28.2 Å². The van der Waals surface area contributed by atoms with E-state index in [-0.39, 0.29) is 23.2 Å². The molecule has 1 heterocycles. The molecule has 1 atom stereocenters. The van der Waals surface area contributed by atoms with E-state index in [2.05, 4.69) is 20.4 Å². The highest BCUT2D eigenvalue weighted by Gasteiger charge is 2.11. The van der Waals surface area contributed by atoms with Gasteiger partial charge in [0.25, 0.3) is 11.5 Å². The van der Waals surface area contributed by atoms with Crippen molar-refractivity contribution in [1.29, 1.82) is 0 Å². The van der Waals surface area contributed by atoms with Crippen LogP contribution >= 0.6 is 0 Å². The van der Waals surface area contributed by atoms with Crippen LogP contribution < -0.4 is 10.9 Å². The lowest BCUT2D eigenvalue weighted by molar-refractivity contribution is 0.0930. The van der Waals surface area contributed by atoms with E-state index >= 15 is 0 Å². The van der Waals surface area contributed by atoms with Crippen molar-refractivity contribution in [2.45, 2.75) is 19.4 Å². The van der Waals surface area contributed by atoms with Gasteiger partial charge in [-0.05, 0) is 40.1 Å². The smallest absolute Gasteiger partial charge is 0.271 e. The number of hydrogen-bond donors (Lipinski definition) is 2. The Morgan fingerprint density at radius 2 is 2.24 bits per heavy atom. The molecule has 0 aliphatic rings. The van der Waals surface area contributed by atoms with Crippen molar-refractivity contribution in [1.82, 2.24) is 20.4 Å². The standard InChI is InChI=1S/C11H18N4O2/c1-8(6-7-15(2)3)12-11(17)9-4-5-10(16)14-13-9/h4-5,8H,6-7H2,1-3H3,(H,12,17)(H,14,16). The summed E-state index contributed by atoms with van der Waals surface area (Å²) in [5.74, 6) is -0.271. The van der Waals surface area contributed by atoms with Crippen LogP contribution in [0.15, 0.2) is 16.9 Å². The maximum atomic E-state index is 11.7. The van der Waals surface area contributed by atoms with Gasteiger partial charge in [0.1, 0.15) is 5.69 Å². The summed E-state index contributed by atoms with van der Waals surface area (Å²) in [5, 5.41) is 8.72. The molecule has 1 unspecified atom stereocenters. The molecular formula is C11H18N4O2. The summed E-state index contributed by atoms with van der Waals surface area (Å²) < 4.78 is 0. The fourth-order valence-corrected chi connectivity index (χ4v) is 1.29. The Hall–Kier alpha value is -1.69. The second-order valence-electron chi connectivity index (χ2n) is 4.27. The summed E-state index contributed by atoms with van der Waals surface area (Å²) in [6.07, 6.45) is 0.863. The van der Waals surface area contributed by atoms with Crippen molar-refractivity contribution < 1.29 is 4.79 Å². The van der Waals surface area contributed by atoms with Gasteiger partial charge in [-0.1, -0.05) is 0 Å². The molecular weight excluding hydrogens is 220 g/mol. The first-order chi connectivity index (χ1) is 7.99. The van der Waals surface area contributed by atoms with Crippen LogP contribution in [-0.2, 0) is 0 Å². The number of carbonyl (C=O) groups is 1. The van der Waals surface area contributed by atoms with Crippen LogP contribution in [0.4, 0.5) is 0 Å². The van der Waals surface area contributed by atoms with Gasteiger partial charge in [0.15, 0.2) is 0 Å². The molecule has 6 heteroatoms. The summed E-state index contributed by atoms with van der Waals surface area (Å²) in [7, 11) is 3.97. The highest BCUT2D eigenvalue weighted by atomic mass is 16.2. The van der Waals surface area contributed by atoms with Gasteiger partial charge in [-0.2, -0.15) is 5.10 Å². The van der Waals surface area contributed by atoms with Crippen LogP contribution in [0.1, 0.15) is 23.8 Å². The third-order valence-electron chi connectivity index (χ3n) is 2.30. The monoisotopic (exact) mass is 238 g/mol. The summed E-state index contributed by atoms with van der Waals surface area (Å²) >= 11 is 0. The number of aromatic amines is 1. The Morgan fingerprint density at radius 3 is 2.76 bits per heavy atom. The molecule has 0 aliphatic heterocycles. The van der Waals surface area contributed by atoms with Gasteiger partial charge in [-0.25, -0.2) is 5.10 Å². The average molecular weight is 238 g/mol. The van der Waals surface area contributed by atoms with E-state index in [0.29, 0.717) is 0 Å². The second-order valence-corrected chi connectivity index (χ2v) is 4.27. The fourth-order valence-electron chi connectivity index (χ4n) is 1.29. The molecule has 1 amide bonds. The number of carbonyl (C=O) groups excluding carboxylic acids is 1. The molecule has 1 rings (SSSR count). The molecule has 2 N–H and O–H groups in total. The van der Waals surface area contributed by atoms with Crippen LogP contribution in [0.3, 0.4) is 0 Å². The zero-order valence-corrected chi connectivity index (χ0v) is 10.4. The molecule has 0 aliphatic carbocycles. The third-order valence-corrected chi connectivity index (χ3v) is 2.30. The van der Waals surface area contributed by atoms with E-state index in [1.807, 2.05) is 21.0 Å². The van der Waals surface area contributed by atoms with Crippen LogP contribution in [0.2, 0.25) is 0 Å². The average Bonchev–Trinajstić information content (AvgIpc) is 2.27. The van der Waals surface area contributed by atoms with Gasteiger partial charge in [0.2, 0.25) is 0 Å². The Labute approximate surface area is 100 Å². The molecule has 0 radical (unpaired) electrons. The quantitative estimate of drug-likeness (QED) is 0.747. The van der Waals surface area contributed by atoms with E-state index < -0.39 is 0 Å². The second kappa shape index (κ2) is 6.15. The maximum Gasteiger partial charge on any atom is 0.271 e. The van der Waals surface area contributed by atoms with Crippen molar-refractivity contribution in [2.75, 3.05) is 20.6 Å². The van der Waals surface area contributed by atoms with Gasteiger partial charge in [-0.15, -0.1) is 0 Å². The minimum atomic E-state index is -0.317. The van der Waals surface area contributed by atoms with Crippen LogP contribution in [0.25, 0.3) is 0 Å². The minimum absolute atomic E-state index is 0.0682. The SMILES string of the molecule is CC(CCN(C)C)NC(=O)c1ccc(=O)[nH]n1. The first kappa shape index (κ1) is 13.4. The molecule has 0 bridgehead atoms. The van der Waals surface area contributed by atoms with E-state index in [1.165, 1.54) is 12.1 Å².